The summed E-state index contributed by atoms with van der Waals surface area (Å²) in [5, 5.41) is 2.27. The summed E-state index contributed by atoms with van der Waals surface area (Å²) in [7, 11) is 0. The number of rotatable bonds is 2. The van der Waals surface area contributed by atoms with Crippen molar-refractivity contribution in [2.24, 2.45) is 0 Å². The molecule has 0 aromatic carbocycles. The van der Waals surface area contributed by atoms with Gasteiger partial charge >= 0.3 is 0 Å². The van der Waals surface area contributed by atoms with Gasteiger partial charge in [-0.25, -0.2) is 8.70 Å². The smallest absolute Gasteiger partial charge is 0.235 e. The van der Waals surface area contributed by atoms with Gasteiger partial charge in [0.15, 0.2) is 0 Å². The summed E-state index contributed by atoms with van der Waals surface area (Å²) >= 11 is 4.27. The van der Waals surface area contributed by atoms with E-state index in [2.05, 4.69) is 23.1 Å². The SMILES string of the molecule is O=C1CCC(c2cc(F)c(N3CCN(S)CC3)cn2)C(=O)N1. The van der Waals surface area contributed by atoms with E-state index in [0.29, 0.717) is 30.9 Å². The third-order valence-electron chi connectivity index (χ3n) is 4.05. The predicted molar refractivity (Wildman–Crippen MR) is 82.1 cm³/mol. The molecule has 1 atom stereocenters. The fourth-order valence-corrected chi connectivity index (χ4v) is 2.95. The molecule has 2 aliphatic heterocycles. The molecule has 2 saturated heterocycles. The number of carbonyl (C=O) groups excluding carboxylic acids is 2. The zero-order valence-corrected chi connectivity index (χ0v) is 12.9. The number of aromatic nitrogens is 1. The Morgan fingerprint density at radius 2 is 2.00 bits per heavy atom. The largest absolute Gasteiger partial charge is 0.365 e. The van der Waals surface area contributed by atoms with Crippen LogP contribution in [0.5, 0.6) is 0 Å². The van der Waals surface area contributed by atoms with Gasteiger partial charge in [0.05, 0.1) is 23.5 Å². The average molecular weight is 324 g/mol. The van der Waals surface area contributed by atoms with Crippen LogP contribution in [0.4, 0.5) is 10.1 Å². The molecule has 0 saturated carbocycles. The Morgan fingerprint density at radius 3 is 2.64 bits per heavy atom. The van der Waals surface area contributed by atoms with Gasteiger partial charge in [-0.2, -0.15) is 0 Å². The maximum atomic E-state index is 14.4. The summed E-state index contributed by atoms with van der Waals surface area (Å²) in [6, 6.07) is 1.31. The number of hydrogen-bond donors (Lipinski definition) is 2. The van der Waals surface area contributed by atoms with Crippen LogP contribution in [0.15, 0.2) is 12.3 Å². The minimum atomic E-state index is -0.560. The van der Waals surface area contributed by atoms with Gasteiger partial charge in [-0.05, 0) is 12.5 Å². The maximum absolute atomic E-state index is 14.4. The summed E-state index contributed by atoms with van der Waals surface area (Å²) in [4.78, 5) is 29.1. The molecule has 3 rings (SSSR count). The van der Waals surface area contributed by atoms with Crippen LogP contribution in [0.1, 0.15) is 24.5 Å². The van der Waals surface area contributed by atoms with Crippen molar-refractivity contribution in [2.75, 3.05) is 31.1 Å². The zero-order chi connectivity index (χ0) is 15.7. The molecule has 2 aliphatic rings. The molecule has 118 valence electrons. The molecular formula is C14H17FN4O2S. The van der Waals surface area contributed by atoms with E-state index in [0.717, 1.165) is 13.1 Å². The number of piperidine rings is 1. The Hall–Kier alpha value is -1.67. The van der Waals surface area contributed by atoms with Crippen molar-refractivity contribution in [2.45, 2.75) is 18.8 Å². The van der Waals surface area contributed by atoms with Crippen LogP contribution in [-0.4, -0.2) is 47.3 Å². The second kappa shape index (κ2) is 6.21. The van der Waals surface area contributed by atoms with Gasteiger partial charge in [-0.3, -0.25) is 19.9 Å². The molecule has 0 aliphatic carbocycles. The molecule has 1 N–H and O–H groups in total. The summed E-state index contributed by atoms with van der Waals surface area (Å²) in [6.45, 7) is 2.86. The highest BCUT2D eigenvalue weighted by atomic mass is 32.1. The average Bonchev–Trinajstić information content (AvgIpc) is 2.48. The molecule has 0 spiro atoms. The highest BCUT2D eigenvalue weighted by molar-refractivity contribution is 7.77. The van der Waals surface area contributed by atoms with Crippen LogP contribution in [0.25, 0.3) is 0 Å². The summed E-state index contributed by atoms with van der Waals surface area (Å²) in [5.74, 6) is -1.64. The van der Waals surface area contributed by atoms with Crippen molar-refractivity contribution < 1.29 is 14.0 Å². The Labute approximate surface area is 133 Å². The maximum Gasteiger partial charge on any atom is 0.235 e. The lowest BCUT2D eigenvalue weighted by atomic mass is 9.94. The van der Waals surface area contributed by atoms with Crippen molar-refractivity contribution >= 4 is 30.3 Å². The van der Waals surface area contributed by atoms with E-state index in [9.17, 15) is 14.0 Å². The standard InChI is InChI=1S/C14H17FN4O2S/c15-10-7-11(9-1-2-13(20)17-14(9)21)16-8-12(10)18-3-5-19(22)6-4-18/h7-9,22H,1-6H2,(H,17,20,21). The number of nitrogens with zero attached hydrogens (tertiary/aromatic N) is 3. The number of imide groups is 1. The number of piperazine rings is 1. The lowest BCUT2D eigenvalue weighted by Crippen LogP contribution is -2.43. The highest BCUT2D eigenvalue weighted by Gasteiger charge is 2.30. The number of carbonyl (C=O) groups is 2. The van der Waals surface area contributed by atoms with Crippen LogP contribution >= 0.6 is 12.8 Å². The normalized spacial score (nSPS) is 23.5. The first-order valence-corrected chi connectivity index (χ1v) is 7.62. The second-order valence-electron chi connectivity index (χ2n) is 5.50. The van der Waals surface area contributed by atoms with Gasteiger partial charge in [0.2, 0.25) is 11.8 Å². The first kappa shape index (κ1) is 15.2. The molecule has 22 heavy (non-hydrogen) atoms. The van der Waals surface area contributed by atoms with Crippen molar-refractivity contribution in [1.82, 2.24) is 14.6 Å². The number of amides is 2. The minimum Gasteiger partial charge on any atom is -0.365 e. The minimum absolute atomic E-state index is 0.255. The molecule has 0 bridgehead atoms. The number of anilines is 1. The topological polar surface area (TPSA) is 65.5 Å². The van der Waals surface area contributed by atoms with E-state index in [1.165, 1.54) is 12.3 Å². The molecule has 1 unspecified atom stereocenters. The van der Waals surface area contributed by atoms with Crippen LogP contribution < -0.4 is 10.2 Å². The van der Waals surface area contributed by atoms with E-state index < -0.39 is 11.8 Å². The Bertz CT molecular complexity index is 605. The summed E-state index contributed by atoms with van der Waals surface area (Å²) in [6.07, 6.45) is 2.10. The summed E-state index contributed by atoms with van der Waals surface area (Å²) < 4.78 is 16.3. The van der Waals surface area contributed by atoms with Crippen LogP contribution in [0, 0.1) is 5.82 Å². The Morgan fingerprint density at radius 1 is 1.27 bits per heavy atom. The molecule has 8 heteroatoms. The van der Waals surface area contributed by atoms with Gasteiger partial charge < -0.3 is 4.90 Å². The van der Waals surface area contributed by atoms with Gasteiger partial charge in [-0.15, -0.1) is 0 Å². The molecule has 2 fully saturated rings. The number of nitrogens with one attached hydrogen (secondary N) is 1. The van der Waals surface area contributed by atoms with Crippen molar-refractivity contribution in [3.63, 3.8) is 0 Å². The third-order valence-corrected chi connectivity index (χ3v) is 4.45. The molecule has 1 aromatic heterocycles. The van der Waals surface area contributed by atoms with Crippen LogP contribution in [0.3, 0.4) is 0 Å². The first-order chi connectivity index (χ1) is 10.5. The quantitative estimate of drug-likeness (QED) is 0.619. The van der Waals surface area contributed by atoms with Crippen molar-refractivity contribution in [1.29, 1.82) is 0 Å². The molecule has 2 amide bonds. The van der Waals surface area contributed by atoms with Gasteiger partial charge in [0.25, 0.3) is 0 Å². The van der Waals surface area contributed by atoms with Gasteiger partial charge in [-0.1, -0.05) is 12.8 Å². The second-order valence-corrected chi connectivity index (χ2v) is 6.07. The van der Waals surface area contributed by atoms with E-state index >= 15 is 0 Å². The Kier molecular flexibility index (Phi) is 4.30. The fourth-order valence-electron chi connectivity index (χ4n) is 2.77. The van der Waals surface area contributed by atoms with E-state index in [1.54, 1.807) is 0 Å². The van der Waals surface area contributed by atoms with Crippen LogP contribution in [0.2, 0.25) is 0 Å². The zero-order valence-electron chi connectivity index (χ0n) is 12.0. The predicted octanol–water partition coefficient (Wildman–Crippen LogP) is 0.708. The molecule has 6 nitrogen and oxygen atoms in total. The lowest BCUT2D eigenvalue weighted by Gasteiger charge is -2.33. The fraction of sp³-hybridized carbons (Fsp3) is 0.500. The van der Waals surface area contributed by atoms with E-state index in [1.807, 2.05) is 9.21 Å². The number of thiol groups is 1. The van der Waals surface area contributed by atoms with E-state index in [4.69, 9.17) is 0 Å². The highest BCUT2D eigenvalue weighted by Crippen LogP contribution is 2.27. The molecule has 3 heterocycles. The molecular weight excluding hydrogens is 307 g/mol. The van der Waals surface area contributed by atoms with Crippen LogP contribution in [-0.2, 0) is 9.59 Å². The number of hydrogen-bond acceptors (Lipinski definition) is 6. The third kappa shape index (κ3) is 3.07. The number of halogens is 1. The summed E-state index contributed by atoms with van der Waals surface area (Å²) in [5.41, 5.74) is 0.816. The monoisotopic (exact) mass is 324 g/mol. The van der Waals surface area contributed by atoms with Gasteiger partial charge in [0, 0.05) is 32.6 Å². The number of pyridine rings is 1. The first-order valence-electron chi connectivity index (χ1n) is 7.22. The Balaban J connectivity index is 1.77. The van der Waals surface area contributed by atoms with Crippen molar-refractivity contribution in [3.05, 3.63) is 23.8 Å². The lowest BCUT2D eigenvalue weighted by molar-refractivity contribution is -0.134. The molecule has 1 aromatic rings. The molecule has 0 radical (unpaired) electrons. The van der Waals surface area contributed by atoms with E-state index in [-0.39, 0.29) is 18.1 Å². The van der Waals surface area contributed by atoms with Crippen molar-refractivity contribution in [3.8, 4) is 0 Å². The van der Waals surface area contributed by atoms with Gasteiger partial charge in [0.1, 0.15) is 5.82 Å².